The predicted octanol–water partition coefficient (Wildman–Crippen LogP) is 1.09. The van der Waals surface area contributed by atoms with Crippen LogP contribution < -0.4 is 10.9 Å². The molecule has 1 aromatic carbocycles. The fourth-order valence-electron chi connectivity index (χ4n) is 3.10. The number of rotatable bonds is 3. The van der Waals surface area contributed by atoms with E-state index in [9.17, 15) is 28.2 Å². The molecule has 27 heavy (non-hydrogen) atoms. The molecule has 2 aromatic rings. The summed E-state index contributed by atoms with van der Waals surface area (Å²) in [5.74, 6) is 0. The van der Waals surface area contributed by atoms with Crippen molar-refractivity contribution >= 4 is 16.7 Å². The van der Waals surface area contributed by atoms with Crippen molar-refractivity contribution in [3.05, 3.63) is 40.2 Å². The highest BCUT2D eigenvalue weighted by Crippen LogP contribution is 2.30. The number of ether oxygens (including phenoxy) is 1. The van der Waals surface area contributed by atoms with Crippen LogP contribution >= 0.6 is 0 Å². The summed E-state index contributed by atoms with van der Waals surface area (Å²) < 4.78 is 48.6. The van der Waals surface area contributed by atoms with Crippen LogP contribution in [0.1, 0.15) is 12.5 Å². The molecule has 0 radical (unpaired) electrons. The number of aliphatic hydroxyl groups excluding tert-OH is 3. The number of alkyl halides is 3. The fraction of sp³-hybridized carbons (Fsp3) is 0.471. The van der Waals surface area contributed by atoms with Gasteiger partial charge in [-0.1, -0.05) is 0 Å². The van der Waals surface area contributed by atoms with E-state index in [1.165, 1.54) is 18.2 Å². The first-order valence-corrected chi connectivity index (χ1v) is 8.16. The van der Waals surface area contributed by atoms with Gasteiger partial charge in [-0.25, -0.2) is 4.79 Å². The second kappa shape index (κ2) is 7.12. The summed E-state index contributed by atoms with van der Waals surface area (Å²) in [5, 5.41) is 32.4. The second-order valence-corrected chi connectivity index (χ2v) is 6.41. The maximum Gasteiger partial charge on any atom is 0.423 e. The average Bonchev–Trinajstić information content (AvgIpc) is 2.60. The lowest BCUT2D eigenvalue weighted by Crippen LogP contribution is -2.60. The van der Waals surface area contributed by atoms with E-state index in [4.69, 9.17) is 14.3 Å². The van der Waals surface area contributed by atoms with Gasteiger partial charge in [0.15, 0.2) is 0 Å². The molecule has 5 atom stereocenters. The quantitative estimate of drug-likeness (QED) is 0.582. The molecule has 1 fully saturated rings. The maximum atomic E-state index is 12.8. The molecule has 2 heterocycles. The second-order valence-electron chi connectivity index (χ2n) is 6.41. The molecular weight excluding hydrogens is 371 g/mol. The van der Waals surface area contributed by atoms with E-state index in [1.54, 1.807) is 6.92 Å². The lowest BCUT2D eigenvalue weighted by Gasteiger charge is -2.41. The Hall–Kier alpha value is -2.14. The minimum atomic E-state index is -4.82. The predicted molar refractivity (Wildman–Crippen MR) is 88.3 cm³/mol. The van der Waals surface area contributed by atoms with E-state index < -0.39 is 54.4 Å². The van der Waals surface area contributed by atoms with Crippen LogP contribution in [0.25, 0.3) is 11.0 Å². The lowest BCUT2D eigenvalue weighted by atomic mass is 9.93. The first-order valence-electron chi connectivity index (χ1n) is 8.16. The molecule has 0 amide bonds. The van der Waals surface area contributed by atoms with Crippen molar-refractivity contribution in [2.24, 2.45) is 0 Å². The highest BCUT2D eigenvalue weighted by atomic mass is 19.4. The van der Waals surface area contributed by atoms with E-state index in [1.807, 2.05) is 0 Å². The Labute approximate surface area is 151 Å². The van der Waals surface area contributed by atoms with Gasteiger partial charge in [0.2, 0.25) is 0 Å². The van der Waals surface area contributed by atoms with Gasteiger partial charge in [0.1, 0.15) is 29.5 Å². The van der Waals surface area contributed by atoms with E-state index in [0.717, 1.165) is 0 Å². The van der Waals surface area contributed by atoms with Gasteiger partial charge in [-0.05, 0) is 25.1 Å². The van der Waals surface area contributed by atoms with Crippen molar-refractivity contribution in [3.63, 3.8) is 0 Å². The van der Waals surface area contributed by atoms with Crippen molar-refractivity contribution in [2.75, 3.05) is 11.9 Å². The van der Waals surface area contributed by atoms with Gasteiger partial charge in [-0.2, -0.15) is 13.2 Å². The highest BCUT2D eigenvalue weighted by molar-refractivity contribution is 5.81. The van der Waals surface area contributed by atoms with E-state index in [-0.39, 0.29) is 11.0 Å². The van der Waals surface area contributed by atoms with Gasteiger partial charge in [0.25, 0.3) is 0 Å². The molecule has 3 rings (SSSR count). The number of benzene rings is 1. The zero-order valence-electron chi connectivity index (χ0n) is 14.1. The first-order chi connectivity index (χ1) is 12.6. The zero-order chi connectivity index (χ0) is 19.9. The van der Waals surface area contributed by atoms with Crippen molar-refractivity contribution in [1.29, 1.82) is 0 Å². The molecule has 0 aliphatic carbocycles. The standard InChI is InChI=1S/C17H18F3NO6/c1-7-13(15(24)14(23)12(6-22)26-7)21-9-3-2-8-4-10(17(18,19)20)16(25)27-11(8)5-9/h2-5,7,12-15,21-24H,6H2,1H3. The van der Waals surface area contributed by atoms with Crippen LogP contribution in [-0.4, -0.2) is 52.4 Å². The van der Waals surface area contributed by atoms with Crippen LogP contribution in [0, 0.1) is 0 Å². The van der Waals surface area contributed by atoms with Crippen molar-refractivity contribution in [1.82, 2.24) is 0 Å². The van der Waals surface area contributed by atoms with Gasteiger partial charge in [0, 0.05) is 17.1 Å². The SMILES string of the molecule is CC1OC(CO)C(O)C(O)C1Nc1ccc2cc(C(F)(F)F)c(=O)oc2c1. The van der Waals surface area contributed by atoms with Gasteiger partial charge >= 0.3 is 11.8 Å². The summed E-state index contributed by atoms with van der Waals surface area (Å²) >= 11 is 0. The van der Waals surface area contributed by atoms with Gasteiger partial charge in [0.05, 0.1) is 18.8 Å². The maximum absolute atomic E-state index is 12.8. The molecule has 1 aliphatic heterocycles. The molecule has 1 aliphatic rings. The fourth-order valence-corrected chi connectivity index (χ4v) is 3.10. The average molecular weight is 389 g/mol. The molecule has 7 nitrogen and oxygen atoms in total. The van der Waals surface area contributed by atoms with Crippen LogP contribution in [0.3, 0.4) is 0 Å². The number of aliphatic hydroxyl groups is 3. The summed E-state index contributed by atoms with van der Waals surface area (Å²) in [6, 6.07) is 4.06. The summed E-state index contributed by atoms with van der Waals surface area (Å²) in [6.07, 6.45) is -8.92. The van der Waals surface area contributed by atoms with Crippen LogP contribution in [0.15, 0.2) is 33.5 Å². The van der Waals surface area contributed by atoms with E-state index in [2.05, 4.69) is 5.32 Å². The van der Waals surface area contributed by atoms with Crippen LogP contribution in [0.2, 0.25) is 0 Å². The minimum Gasteiger partial charge on any atom is -0.422 e. The number of hydrogen-bond donors (Lipinski definition) is 4. The normalized spacial score (nSPS) is 29.1. The molecule has 5 unspecified atom stereocenters. The first kappa shape index (κ1) is 19.6. The Kier molecular flexibility index (Phi) is 5.17. The minimum absolute atomic E-state index is 0.0642. The zero-order valence-corrected chi connectivity index (χ0v) is 14.1. The van der Waals surface area contributed by atoms with Gasteiger partial charge in [-0.15, -0.1) is 0 Å². The summed E-state index contributed by atoms with van der Waals surface area (Å²) in [4.78, 5) is 11.6. The lowest BCUT2D eigenvalue weighted by molar-refractivity contribution is -0.180. The molecule has 0 bridgehead atoms. The molecule has 0 saturated carbocycles. The van der Waals surface area contributed by atoms with E-state index >= 15 is 0 Å². The Morgan fingerprint density at radius 1 is 1.19 bits per heavy atom. The largest absolute Gasteiger partial charge is 0.423 e. The topological polar surface area (TPSA) is 112 Å². The summed E-state index contributed by atoms with van der Waals surface area (Å²) in [7, 11) is 0. The molecule has 0 spiro atoms. The van der Waals surface area contributed by atoms with Gasteiger partial charge < -0.3 is 29.8 Å². The van der Waals surface area contributed by atoms with Crippen LogP contribution in [0.4, 0.5) is 18.9 Å². The van der Waals surface area contributed by atoms with Crippen molar-refractivity contribution in [2.45, 2.75) is 43.6 Å². The van der Waals surface area contributed by atoms with Gasteiger partial charge in [-0.3, -0.25) is 0 Å². The molecule has 4 N–H and O–H groups in total. The Morgan fingerprint density at radius 3 is 2.52 bits per heavy atom. The molecule has 148 valence electrons. The third-order valence-corrected chi connectivity index (χ3v) is 4.55. The molecule has 1 aromatic heterocycles. The molecular formula is C17H18F3NO6. The number of nitrogens with one attached hydrogen (secondary N) is 1. The van der Waals surface area contributed by atoms with E-state index in [0.29, 0.717) is 11.8 Å². The van der Waals surface area contributed by atoms with Crippen molar-refractivity contribution in [3.8, 4) is 0 Å². The third kappa shape index (κ3) is 3.79. The van der Waals surface area contributed by atoms with Crippen LogP contribution in [0.5, 0.6) is 0 Å². The molecule has 10 heteroatoms. The Bertz CT molecular complexity index is 883. The smallest absolute Gasteiger partial charge is 0.422 e. The van der Waals surface area contributed by atoms with Crippen molar-refractivity contribution < 1.29 is 37.6 Å². The Balaban J connectivity index is 1.89. The monoisotopic (exact) mass is 389 g/mol. The summed E-state index contributed by atoms with van der Waals surface area (Å²) in [5.41, 5.74) is -2.61. The highest BCUT2D eigenvalue weighted by Gasteiger charge is 2.42. The molecule has 1 saturated heterocycles. The number of halogens is 3. The number of hydrogen-bond acceptors (Lipinski definition) is 7. The Morgan fingerprint density at radius 2 is 1.89 bits per heavy atom. The number of fused-ring (bicyclic) bond motifs is 1. The third-order valence-electron chi connectivity index (χ3n) is 4.55. The summed E-state index contributed by atoms with van der Waals surface area (Å²) in [6.45, 7) is 1.17. The van der Waals surface area contributed by atoms with Crippen LogP contribution in [-0.2, 0) is 10.9 Å². The number of anilines is 1.